The zero-order chi connectivity index (χ0) is 16.8. The Balaban J connectivity index is 1.56. The predicted octanol–water partition coefficient (Wildman–Crippen LogP) is 1.89. The minimum Gasteiger partial charge on any atom is -0.379 e. The van der Waals surface area contributed by atoms with Crippen LogP contribution in [0.3, 0.4) is 0 Å². The van der Waals surface area contributed by atoms with E-state index in [-0.39, 0.29) is 5.91 Å². The third-order valence-corrected chi connectivity index (χ3v) is 4.94. The molecule has 0 spiro atoms. The van der Waals surface area contributed by atoms with Crippen molar-refractivity contribution in [2.75, 3.05) is 45.9 Å². The lowest BCUT2D eigenvalue weighted by molar-refractivity contribution is -0.133. The molecule has 0 saturated carbocycles. The van der Waals surface area contributed by atoms with Gasteiger partial charge in [0.25, 0.3) is 0 Å². The Morgan fingerprint density at radius 3 is 2.88 bits per heavy atom. The summed E-state index contributed by atoms with van der Waals surface area (Å²) in [6.07, 6.45) is 4.61. The number of aromatic nitrogens is 1. The fraction of sp³-hybridized carbons (Fsp3) is 0.684. The summed E-state index contributed by atoms with van der Waals surface area (Å²) in [5.74, 6) is 0.580. The maximum Gasteiger partial charge on any atom is 0.236 e. The number of rotatable bonds is 4. The van der Waals surface area contributed by atoms with Crippen LogP contribution >= 0.6 is 0 Å². The highest BCUT2D eigenvalue weighted by Gasteiger charge is 2.24. The first-order valence-corrected chi connectivity index (χ1v) is 9.21. The summed E-state index contributed by atoms with van der Waals surface area (Å²) in [5.41, 5.74) is 2.13. The lowest BCUT2D eigenvalue weighted by atomic mass is 10.0. The summed E-state index contributed by atoms with van der Waals surface area (Å²) in [6, 6.07) is 6.13. The SMILES string of the molecule is Cc1cccc(C[C@@H]2COCCN(C(=O)CN3CCCCC3)C2)n1. The molecule has 2 aliphatic rings. The number of carbonyl (C=O) groups is 1. The van der Waals surface area contributed by atoms with Gasteiger partial charge in [0.15, 0.2) is 0 Å². The Kier molecular flexibility index (Phi) is 6.21. The molecule has 5 nitrogen and oxygen atoms in total. The number of amides is 1. The van der Waals surface area contributed by atoms with E-state index in [1.807, 2.05) is 17.9 Å². The molecule has 0 N–H and O–H groups in total. The molecule has 0 unspecified atom stereocenters. The molecular formula is C19H29N3O2. The molecule has 0 aromatic carbocycles. The molecule has 3 rings (SSSR count). The Hall–Kier alpha value is -1.46. The van der Waals surface area contributed by atoms with Crippen molar-refractivity contribution < 1.29 is 9.53 Å². The molecule has 5 heteroatoms. The average molecular weight is 331 g/mol. The number of nitrogens with zero attached hydrogens (tertiary/aromatic N) is 3. The molecule has 0 aliphatic carbocycles. The zero-order valence-electron chi connectivity index (χ0n) is 14.7. The quantitative estimate of drug-likeness (QED) is 0.845. The van der Waals surface area contributed by atoms with Crippen LogP contribution in [0.5, 0.6) is 0 Å². The van der Waals surface area contributed by atoms with Crippen molar-refractivity contribution in [2.24, 2.45) is 5.92 Å². The molecule has 1 amide bonds. The van der Waals surface area contributed by atoms with Crippen LogP contribution in [0.2, 0.25) is 0 Å². The van der Waals surface area contributed by atoms with E-state index in [0.717, 1.165) is 37.4 Å². The van der Waals surface area contributed by atoms with Crippen molar-refractivity contribution in [3.05, 3.63) is 29.6 Å². The number of piperidine rings is 1. The molecule has 2 saturated heterocycles. The number of hydrogen-bond donors (Lipinski definition) is 0. The summed E-state index contributed by atoms with van der Waals surface area (Å²) in [5, 5.41) is 0. The smallest absolute Gasteiger partial charge is 0.236 e. The van der Waals surface area contributed by atoms with Gasteiger partial charge in [-0.3, -0.25) is 14.7 Å². The second kappa shape index (κ2) is 8.58. The molecule has 0 radical (unpaired) electrons. The molecule has 24 heavy (non-hydrogen) atoms. The molecule has 1 aromatic heterocycles. The number of ether oxygens (including phenoxy) is 1. The van der Waals surface area contributed by atoms with Gasteiger partial charge in [-0.2, -0.15) is 0 Å². The molecule has 3 heterocycles. The Morgan fingerprint density at radius 2 is 2.08 bits per heavy atom. The molecular weight excluding hydrogens is 302 g/mol. The van der Waals surface area contributed by atoms with Gasteiger partial charge in [-0.1, -0.05) is 12.5 Å². The van der Waals surface area contributed by atoms with E-state index < -0.39 is 0 Å². The zero-order valence-corrected chi connectivity index (χ0v) is 14.7. The Morgan fingerprint density at radius 1 is 1.25 bits per heavy atom. The first kappa shape index (κ1) is 17.4. The van der Waals surface area contributed by atoms with E-state index in [2.05, 4.69) is 22.0 Å². The molecule has 132 valence electrons. The van der Waals surface area contributed by atoms with Crippen molar-refractivity contribution >= 4 is 5.91 Å². The topological polar surface area (TPSA) is 45.7 Å². The van der Waals surface area contributed by atoms with Gasteiger partial charge < -0.3 is 9.64 Å². The minimum absolute atomic E-state index is 0.254. The normalized spacial score (nSPS) is 23.0. The number of aryl methyl sites for hydroxylation is 1. The van der Waals surface area contributed by atoms with Gasteiger partial charge >= 0.3 is 0 Å². The molecule has 1 atom stereocenters. The largest absolute Gasteiger partial charge is 0.379 e. The van der Waals surface area contributed by atoms with Gasteiger partial charge in [0.05, 0.1) is 19.8 Å². The van der Waals surface area contributed by atoms with E-state index in [0.29, 0.717) is 32.2 Å². The predicted molar refractivity (Wildman–Crippen MR) is 93.9 cm³/mol. The fourth-order valence-electron chi connectivity index (χ4n) is 3.65. The Labute approximate surface area is 145 Å². The van der Waals surface area contributed by atoms with Crippen molar-refractivity contribution in [3.8, 4) is 0 Å². The summed E-state index contributed by atoms with van der Waals surface area (Å²) < 4.78 is 5.74. The second-order valence-corrected chi connectivity index (χ2v) is 7.09. The van der Waals surface area contributed by atoms with E-state index >= 15 is 0 Å². The van der Waals surface area contributed by atoms with Crippen molar-refractivity contribution in [1.29, 1.82) is 0 Å². The van der Waals surface area contributed by atoms with Crippen LogP contribution in [-0.2, 0) is 16.0 Å². The van der Waals surface area contributed by atoms with Crippen LogP contribution in [0.4, 0.5) is 0 Å². The number of pyridine rings is 1. The highest BCUT2D eigenvalue weighted by molar-refractivity contribution is 5.78. The molecule has 2 fully saturated rings. The van der Waals surface area contributed by atoms with Gasteiger partial charge in [-0.05, 0) is 51.4 Å². The van der Waals surface area contributed by atoms with Crippen molar-refractivity contribution in [2.45, 2.75) is 32.6 Å². The van der Waals surface area contributed by atoms with Gasteiger partial charge in [0.1, 0.15) is 0 Å². The standard InChI is InChI=1S/C19H29N3O2/c1-16-6-5-7-18(20-16)12-17-13-22(10-11-24-15-17)19(23)14-21-8-3-2-4-9-21/h5-7,17H,2-4,8-15H2,1H3/t17-/m0/s1. The first-order valence-electron chi connectivity index (χ1n) is 9.21. The van der Waals surface area contributed by atoms with Crippen LogP contribution in [0.15, 0.2) is 18.2 Å². The third kappa shape index (κ3) is 5.02. The van der Waals surface area contributed by atoms with E-state index in [9.17, 15) is 4.79 Å². The van der Waals surface area contributed by atoms with Crippen LogP contribution in [-0.4, -0.2) is 66.6 Å². The maximum atomic E-state index is 12.7. The lowest BCUT2D eigenvalue weighted by Gasteiger charge is -2.30. The fourth-order valence-corrected chi connectivity index (χ4v) is 3.65. The van der Waals surface area contributed by atoms with E-state index in [4.69, 9.17) is 4.74 Å². The van der Waals surface area contributed by atoms with Gasteiger partial charge in [0, 0.05) is 30.4 Å². The lowest BCUT2D eigenvalue weighted by Crippen LogP contribution is -2.44. The third-order valence-electron chi connectivity index (χ3n) is 4.94. The Bertz CT molecular complexity index is 543. The van der Waals surface area contributed by atoms with E-state index in [1.165, 1.54) is 19.3 Å². The van der Waals surface area contributed by atoms with E-state index in [1.54, 1.807) is 0 Å². The van der Waals surface area contributed by atoms with Crippen molar-refractivity contribution in [1.82, 2.24) is 14.8 Å². The average Bonchev–Trinajstić information content (AvgIpc) is 2.81. The van der Waals surface area contributed by atoms with Gasteiger partial charge in [-0.15, -0.1) is 0 Å². The summed E-state index contributed by atoms with van der Waals surface area (Å²) in [4.78, 5) is 21.6. The molecule has 2 aliphatic heterocycles. The summed E-state index contributed by atoms with van der Waals surface area (Å²) >= 11 is 0. The number of hydrogen-bond acceptors (Lipinski definition) is 4. The van der Waals surface area contributed by atoms with Crippen LogP contribution in [0.25, 0.3) is 0 Å². The first-order chi connectivity index (χ1) is 11.7. The van der Waals surface area contributed by atoms with Crippen LogP contribution in [0, 0.1) is 12.8 Å². The van der Waals surface area contributed by atoms with Crippen LogP contribution in [0.1, 0.15) is 30.7 Å². The monoisotopic (exact) mass is 331 g/mol. The van der Waals surface area contributed by atoms with Crippen molar-refractivity contribution in [3.63, 3.8) is 0 Å². The minimum atomic E-state index is 0.254. The second-order valence-electron chi connectivity index (χ2n) is 7.09. The van der Waals surface area contributed by atoms with Gasteiger partial charge in [0.2, 0.25) is 5.91 Å². The van der Waals surface area contributed by atoms with Gasteiger partial charge in [-0.25, -0.2) is 0 Å². The number of carbonyl (C=O) groups excluding carboxylic acids is 1. The van der Waals surface area contributed by atoms with Crippen LogP contribution < -0.4 is 0 Å². The molecule has 0 bridgehead atoms. The highest BCUT2D eigenvalue weighted by Crippen LogP contribution is 2.15. The molecule has 1 aromatic rings. The summed E-state index contributed by atoms with van der Waals surface area (Å²) in [7, 11) is 0. The number of likely N-dealkylation sites (tertiary alicyclic amines) is 1. The summed E-state index contributed by atoms with van der Waals surface area (Å²) in [6.45, 7) is 7.55. The maximum absolute atomic E-state index is 12.7. The highest BCUT2D eigenvalue weighted by atomic mass is 16.5.